The molecular formula is C44H34N4O. The highest BCUT2D eigenvalue weighted by Crippen LogP contribution is 2.67. The highest BCUT2D eigenvalue weighted by Gasteiger charge is 2.59. The zero-order chi connectivity index (χ0) is 32.7. The van der Waals surface area contributed by atoms with E-state index in [9.17, 15) is 5.26 Å². The normalized spacial score (nSPS) is 23.8. The first-order valence-corrected chi connectivity index (χ1v) is 17.4. The predicted octanol–water partition coefficient (Wildman–Crippen LogP) is 10.6. The summed E-state index contributed by atoms with van der Waals surface area (Å²) in [5.41, 5.74) is 8.95. The van der Waals surface area contributed by atoms with Crippen LogP contribution in [-0.4, -0.2) is 15.0 Å². The number of rotatable bonds is 5. The highest BCUT2D eigenvalue weighted by molar-refractivity contribution is 6.06. The molecule has 0 aliphatic heterocycles. The van der Waals surface area contributed by atoms with Crippen LogP contribution in [0.1, 0.15) is 43.7 Å². The van der Waals surface area contributed by atoms with Crippen molar-refractivity contribution in [1.29, 1.82) is 5.26 Å². The Morgan fingerprint density at radius 3 is 1.73 bits per heavy atom. The topological polar surface area (TPSA) is 75.6 Å². The summed E-state index contributed by atoms with van der Waals surface area (Å²) >= 11 is 0. The SMILES string of the molecule is CC1(c2ccc(-c3nc(-c4ccccc4)nc(-c4ccc(-c5ccc6oc7ccc(C#N)cc7c6c5)cc4)n3)cc2)C[C@H]2CC3C[C@@H](C1)C32. The second-order valence-electron chi connectivity index (χ2n) is 14.8. The summed E-state index contributed by atoms with van der Waals surface area (Å²) in [6, 6.07) is 41.6. The van der Waals surface area contributed by atoms with Crippen LogP contribution in [0.4, 0.5) is 0 Å². The van der Waals surface area contributed by atoms with E-state index in [0.29, 0.717) is 23.0 Å². The molecule has 49 heavy (non-hydrogen) atoms. The highest BCUT2D eigenvalue weighted by atomic mass is 16.3. The maximum absolute atomic E-state index is 9.42. The number of benzene rings is 5. The maximum atomic E-state index is 9.42. The fourth-order valence-electron chi connectivity index (χ4n) is 9.39. The maximum Gasteiger partial charge on any atom is 0.164 e. The Bertz CT molecular complexity index is 2420. The van der Waals surface area contributed by atoms with E-state index in [2.05, 4.69) is 73.7 Å². The minimum Gasteiger partial charge on any atom is -0.456 e. The lowest BCUT2D eigenvalue weighted by Crippen LogP contribution is -2.58. The molecule has 10 rings (SSSR count). The summed E-state index contributed by atoms with van der Waals surface area (Å²) < 4.78 is 6.04. The number of furan rings is 1. The van der Waals surface area contributed by atoms with Crippen molar-refractivity contribution in [2.45, 2.75) is 38.0 Å². The monoisotopic (exact) mass is 634 g/mol. The Morgan fingerprint density at radius 1 is 0.592 bits per heavy atom. The summed E-state index contributed by atoms with van der Waals surface area (Å²) in [4.78, 5) is 15.0. The molecule has 0 saturated heterocycles. The van der Waals surface area contributed by atoms with Crippen LogP contribution in [0, 0.1) is 35.0 Å². The van der Waals surface area contributed by atoms with Crippen LogP contribution in [-0.2, 0) is 5.41 Å². The van der Waals surface area contributed by atoms with Gasteiger partial charge in [0.15, 0.2) is 17.5 Å². The molecule has 5 atom stereocenters. The smallest absolute Gasteiger partial charge is 0.164 e. The van der Waals surface area contributed by atoms with Crippen molar-refractivity contribution in [3.63, 3.8) is 0 Å². The van der Waals surface area contributed by atoms with Gasteiger partial charge in [-0.3, -0.25) is 0 Å². The van der Waals surface area contributed by atoms with Crippen molar-refractivity contribution < 1.29 is 4.42 Å². The summed E-state index contributed by atoms with van der Waals surface area (Å²) in [6.45, 7) is 2.49. The number of nitrogens with zero attached hydrogens (tertiary/aromatic N) is 4. The van der Waals surface area contributed by atoms with E-state index in [4.69, 9.17) is 19.4 Å². The molecule has 0 radical (unpaired) electrons. The Kier molecular flexibility index (Phi) is 6.21. The Morgan fingerprint density at radius 2 is 1.12 bits per heavy atom. The minimum absolute atomic E-state index is 0.256. The quantitative estimate of drug-likeness (QED) is 0.188. The molecule has 2 aromatic heterocycles. The van der Waals surface area contributed by atoms with Crippen LogP contribution in [0.5, 0.6) is 0 Å². The fraction of sp³-hybridized carbons (Fsp3) is 0.227. The zero-order valence-electron chi connectivity index (χ0n) is 27.3. The third kappa shape index (κ3) is 4.62. The van der Waals surface area contributed by atoms with Gasteiger partial charge in [-0.2, -0.15) is 5.26 Å². The van der Waals surface area contributed by atoms with Gasteiger partial charge >= 0.3 is 0 Å². The summed E-state index contributed by atoms with van der Waals surface area (Å²) in [5.74, 6) is 5.93. The number of aromatic nitrogens is 3. The molecule has 0 spiro atoms. The van der Waals surface area contributed by atoms with Gasteiger partial charge in [0.2, 0.25) is 0 Å². The average Bonchev–Trinajstić information content (AvgIpc) is 3.50. The van der Waals surface area contributed by atoms with Crippen molar-refractivity contribution in [2.24, 2.45) is 23.7 Å². The van der Waals surface area contributed by atoms with Crippen molar-refractivity contribution in [3.05, 3.63) is 126 Å². The summed E-state index contributed by atoms with van der Waals surface area (Å²) in [7, 11) is 0. The lowest BCUT2D eigenvalue weighted by atomic mass is 9.39. The fourth-order valence-corrected chi connectivity index (χ4v) is 9.39. The Labute approximate surface area is 285 Å². The largest absolute Gasteiger partial charge is 0.456 e. The molecule has 3 saturated carbocycles. The summed E-state index contributed by atoms with van der Waals surface area (Å²) in [6.07, 6.45) is 5.55. The molecule has 5 nitrogen and oxygen atoms in total. The van der Waals surface area contributed by atoms with Crippen molar-refractivity contribution in [3.8, 4) is 51.4 Å². The molecule has 5 heteroatoms. The predicted molar refractivity (Wildman–Crippen MR) is 193 cm³/mol. The standard InChI is InChI=1S/C44H34N4O/c1-44(23-33-20-32-21-34(24-44)40(32)33)35-15-12-30(13-16-35)43-47-41(28-5-3-2-4-6-28)46-42(48-43)29-10-8-27(9-11-29)31-14-18-39-37(22-31)36-19-26(25-45)7-17-38(36)49-39/h2-19,22,32-34,40H,20-21,23-24H2,1H3/t32?,33-,34+,40?,44?. The zero-order valence-corrected chi connectivity index (χ0v) is 27.3. The number of hydrogen-bond donors (Lipinski definition) is 0. The van der Waals surface area contributed by atoms with Crippen LogP contribution in [0.3, 0.4) is 0 Å². The van der Waals surface area contributed by atoms with Gasteiger partial charge in [-0.25, -0.2) is 15.0 Å². The van der Waals surface area contributed by atoms with E-state index in [0.717, 1.165) is 73.4 Å². The van der Waals surface area contributed by atoms with Gasteiger partial charge in [-0.05, 0) is 102 Å². The first-order chi connectivity index (χ1) is 24.0. The van der Waals surface area contributed by atoms with Gasteiger partial charge < -0.3 is 4.42 Å². The summed E-state index contributed by atoms with van der Waals surface area (Å²) in [5, 5.41) is 11.4. The van der Waals surface area contributed by atoms with Gasteiger partial charge in [0.25, 0.3) is 0 Å². The number of nitriles is 1. The first-order valence-electron chi connectivity index (χ1n) is 17.4. The molecule has 7 aromatic rings. The van der Waals surface area contributed by atoms with Crippen molar-refractivity contribution in [2.75, 3.05) is 0 Å². The van der Waals surface area contributed by atoms with Crippen LogP contribution in [0.25, 0.3) is 67.2 Å². The third-order valence-electron chi connectivity index (χ3n) is 11.9. The first kappa shape index (κ1) is 28.4. The van der Waals surface area contributed by atoms with Crippen LogP contribution in [0.15, 0.2) is 120 Å². The Hall–Kier alpha value is -5.60. The van der Waals surface area contributed by atoms with E-state index in [1.54, 1.807) is 6.07 Å². The lowest BCUT2D eigenvalue weighted by molar-refractivity contribution is -0.141. The van der Waals surface area contributed by atoms with Crippen LogP contribution in [0.2, 0.25) is 0 Å². The number of fused-ring (bicyclic) bond motifs is 3. The van der Waals surface area contributed by atoms with Gasteiger partial charge in [0, 0.05) is 27.5 Å². The van der Waals surface area contributed by atoms with Gasteiger partial charge in [0.05, 0.1) is 11.6 Å². The molecule has 2 heterocycles. The molecule has 0 N–H and O–H groups in total. The Balaban J connectivity index is 0.991. The van der Waals surface area contributed by atoms with Crippen LogP contribution >= 0.6 is 0 Å². The molecule has 3 unspecified atom stereocenters. The van der Waals surface area contributed by atoms with Crippen molar-refractivity contribution in [1.82, 2.24) is 15.0 Å². The number of hydrogen-bond acceptors (Lipinski definition) is 5. The molecule has 3 aliphatic carbocycles. The third-order valence-corrected chi connectivity index (χ3v) is 11.9. The molecule has 3 fully saturated rings. The second-order valence-corrected chi connectivity index (χ2v) is 14.8. The van der Waals surface area contributed by atoms with Gasteiger partial charge in [-0.15, -0.1) is 0 Å². The second kappa shape index (κ2) is 10.7. The van der Waals surface area contributed by atoms with E-state index >= 15 is 0 Å². The van der Waals surface area contributed by atoms with Gasteiger partial charge in [-0.1, -0.05) is 91.9 Å². The van der Waals surface area contributed by atoms with Crippen molar-refractivity contribution >= 4 is 21.9 Å². The molecule has 5 aromatic carbocycles. The van der Waals surface area contributed by atoms with Gasteiger partial charge in [0.1, 0.15) is 11.2 Å². The van der Waals surface area contributed by atoms with E-state index in [1.807, 2.05) is 48.5 Å². The lowest BCUT2D eigenvalue weighted by Gasteiger charge is -2.65. The molecule has 236 valence electrons. The minimum atomic E-state index is 0.256. The molecule has 0 bridgehead atoms. The van der Waals surface area contributed by atoms with Crippen LogP contribution < -0.4 is 0 Å². The molecule has 0 amide bonds. The molecular weight excluding hydrogens is 601 g/mol. The van der Waals surface area contributed by atoms with E-state index in [-0.39, 0.29) is 5.41 Å². The van der Waals surface area contributed by atoms with E-state index < -0.39 is 0 Å². The van der Waals surface area contributed by atoms with E-state index in [1.165, 1.54) is 31.2 Å². The molecule has 3 aliphatic rings. The average molecular weight is 635 g/mol.